The molecule has 3 nitrogen and oxygen atoms in total. The van der Waals surface area contributed by atoms with Crippen molar-refractivity contribution in [2.24, 2.45) is 0 Å². The van der Waals surface area contributed by atoms with Crippen LogP contribution >= 0.6 is 22.9 Å². The number of rotatable bonds is 2. The Kier molecular flexibility index (Phi) is 3.21. The van der Waals surface area contributed by atoms with E-state index in [-0.39, 0.29) is 11.9 Å². The summed E-state index contributed by atoms with van der Waals surface area (Å²) >= 11 is 7.14. The highest BCUT2D eigenvalue weighted by molar-refractivity contribution is 7.17. The van der Waals surface area contributed by atoms with Crippen LogP contribution in [0.25, 0.3) is 0 Å². The summed E-state index contributed by atoms with van der Waals surface area (Å²) in [6.07, 6.45) is 1.88. The van der Waals surface area contributed by atoms with Crippen LogP contribution < -0.4 is 11.1 Å². The highest BCUT2D eigenvalue weighted by Crippen LogP contribution is 2.33. The van der Waals surface area contributed by atoms with Crippen molar-refractivity contribution in [3.05, 3.63) is 50.7 Å². The zero-order valence-electron chi connectivity index (χ0n) is 10.2. The Morgan fingerprint density at radius 3 is 2.95 bits per heavy atom. The van der Waals surface area contributed by atoms with E-state index in [0.717, 1.165) is 18.5 Å². The third-order valence-corrected chi connectivity index (χ3v) is 4.58. The van der Waals surface area contributed by atoms with Crippen molar-refractivity contribution in [2.45, 2.75) is 18.9 Å². The molecule has 1 aromatic carbocycles. The van der Waals surface area contributed by atoms with Crippen LogP contribution in [0.1, 0.15) is 33.3 Å². The molecular formula is C14H13ClN2OS. The standard InChI is InChI=1S/C14H13ClN2OS/c15-13-6-5-12(19-13)14(18)17-11-4-1-8-7-9(16)2-3-10(8)11/h2-3,5-7,11H,1,4,16H2,(H,17,18). The Hall–Kier alpha value is -1.52. The van der Waals surface area contributed by atoms with Gasteiger partial charge in [0.15, 0.2) is 0 Å². The third-order valence-electron chi connectivity index (χ3n) is 3.35. The molecule has 5 heteroatoms. The van der Waals surface area contributed by atoms with Gasteiger partial charge in [0.25, 0.3) is 5.91 Å². The number of amides is 1. The molecule has 1 aromatic heterocycles. The summed E-state index contributed by atoms with van der Waals surface area (Å²) in [5, 5.41) is 3.06. The van der Waals surface area contributed by atoms with Crippen LogP contribution in [0.15, 0.2) is 30.3 Å². The molecule has 0 aliphatic heterocycles. The molecule has 1 heterocycles. The first-order chi connectivity index (χ1) is 9.13. The summed E-state index contributed by atoms with van der Waals surface area (Å²) in [5.41, 5.74) is 8.95. The van der Waals surface area contributed by atoms with Gasteiger partial charge in [0.2, 0.25) is 0 Å². The van der Waals surface area contributed by atoms with E-state index >= 15 is 0 Å². The summed E-state index contributed by atoms with van der Waals surface area (Å²) in [4.78, 5) is 12.8. The Bertz CT molecular complexity index is 638. The zero-order valence-corrected chi connectivity index (χ0v) is 11.7. The van der Waals surface area contributed by atoms with Gasteiger partial charge >= 0.3 is 0 Å². The van der Waals surface area contributed by atoms with Crippen LogP contribution in [0.4, 0.5) is 5.69 Å². The number of aryl methyl sites for hydroxylation is 1. The first-order valence-electron chi connectivity index (χ1n) is 6.08. The van der Waals surface area contributed by atoms with Crippen LogP contribution in [-0.4, -0.2) is 5.91 Å². The number of halogens is 1. The predicted molar refractivity (Wildman–Crippen MR) is 78.7 cm³/mol. The summed E-state index contributed by atoms with van der Waals surface area (Å²) in [7, 11) is 0. The number of nitrogen functional groups attached to an aromatic ring is 1. The fourth-order valence-electron chi connectivity index (χ4n) is 2.45. The van der Waals surface area contributed by atoms with Gasteiger partial charge < -0.3 is 11.1 Å². The van der Waals surface area contributed by atoms with Crippen LogP contribution in [0, 0.1) is 0 Å². The van der Waals surface area contributed by atoms with Gasteiger partial charge in [0, 0.05) is 5.69 Å². The summed E-state index contributed by atoms with van der Waals surface area (Å²) < 4.78 is 0.629. The van der Waals surface area contributed by atoms with Crippen molar-refractivity contribution >= 4 is 34.5 Å². The van der Waals surface area contributed by atoms with E-state index in [0.29, 0.717) is 9.21 Å². The molecule has 0 spiro atoms. The molecule has 0 saturated carbocycles. The molecule has 3 N–H and O–H groups in total. The Balaban J connectivity index is 1.78. The lowest BCUT2D eigenvalue weighted by Gasteiger charge is -2.13. The molecule has 1 atom stereocenters. The molecule has 0 radical (unpaired) electrons. The lowest BCUT2D eigenvalue weighted by atomic mass is 10.1. The van der Waals surface area contributed by atoms with Crippen molar-refractivity contribution in [1.82, 2.24) is 5.32 Å². The van der Waals surface area contributed by atoms with E-state index in [4.69, 9.17) is 17.3 Å². The quantitative estimate of drug-likeness (QED) is 0.834. The Morgan fingerprint density at radius 1 is 1.37 bits per heavy atom. The summed E-state index contributed by atoms with van der Waals surface area (Å²) in [6.45, 7) is 0. The second kappa shape index (κ2) is 4.87. The van der Waals surface area contributed by atoms with Gasteiger partial charge in [0.05, 0.1) is 15.3 Å². The van der Waals surface area contributed by atoms with Crippen LogP contribution in [0.3, 0.4) is 0 Å². The highest BCUT2D eigenvalue weighted by Gasteiger charge is 2.24. The molecule has 98 valence electrons. The van der Waals surface area contributed by atoms with E-state index in [1.807, 2.05) is 18.2 Å². The van der Waals surface area contributed by atoms with Gasteiger partial charge in [-0.25, -0.2) is 0 Å². The van der Waals surface area contributed by atoms with Crippen LogP contribution in [-0.2, 0) is 6.42 Å². The van der Waals surface area contributed by atoms with Gasteiger partial charge in [-0.1, -0.05) is 17.7 Å². The van der Waals surface area contributed by atoms with Gasteiger partial charge in [0.1, 0.15) is 0 Å². The largest absolute Gasteiger partial charge is 0.399 e. The summed E-state index contributed by atoms with van der Waals surface area (Å²) in [6, 6.07) is 9.44. The number of fused-ring (bicyclic) bond motifs is 1. The van der Waals surface area contributed by atoms with Crippen molar-refractivity contribution < 1.29 is 4.79 Å². The molecule has 0 saturated heterocycles. The minimum absolute atomic E-state index is 0.0634. The van der Waals surface area contributed by atoms with Crippen molar-refractivity contribution in [2.75, 3.05) is 5.73 Å². The number of carbonyl (C=O) groups is 1. The number of nitrogens with one attached hydrogen (secondary N) is 1. The highest BCUT2D eigenvalue weighted by atomic mass is 35.5. The van der Waals surface area contributed by atoms with E-state index in [1.54, 1.807) is 12.1 Å². The second-order valence-corrected chi connectivity index (χ2v) is 6.34. The van der Waals surface area contributed by atoms with Crippen LogP contribution in [0.5, 0.6) is 0 Å². The lowest BCUT2D eigenvalue weighted by molar-refractivity contribution is 0.0941. The third kappa shape index (κ3) is 2.46. The minimum Gasteiger partial charge on any atom is -0.399 e. The maximum atomic E-state index is 12.1. The van der Waals surface area contributed by atoms with E-state index < -0.39 is 0 Å². The average molecular weight is 293 g/mol. The topological polar surface area (TPSA) is 55.1 Å². The maximum Gasteiger partial charge on any atom is 0.261 e. The Morgan fingerprint density at radius 2 is 2.21 bits per heavy atom. The zero-order chi connectivity index (χ0) is 13.4. The number of thiophene rings is 1. The molecule has 1 unspecified atom stereocenters. The predicted octanol–water partition coefficient (Wildman–Crippen LogP) is 3.40. The van der Waals surface area contributed by atoms with Gasteiger partial charge in [-0.3, -0.25) is 4.79 Å². The smallest absolute Gasteiger partial charge is 0.261 e. The second-order valence-electron chi connectivity index (χ2n) is 4.63. The molecule has 2 aromatic rings. The molecule has 19 heavy (non-hydrogen) atoms. The summed E-state index contributed by atoms with van der Waals surface area (Å²) in [5.74, 6) is -0.0634. The fraction of sp³-hybridized carbons (Fsp3) is 0.214. The Labute approximate surface area is 120 Å². The molecule has 3 rings (SSSR count). The molecule has 1 aliphatic carbocycles. The van der Waals surface area contributed by atoms with Gasteiger partial charge in [-0.15, -0.1) is 11.3 Å². The SMILES string of the molecule is Nc1ccc2c(c1)CCC2NC(=O)c1ccc(Cl)s1. The minimum atomic E-state index is -0.0634. The average Bonchev–Trinajstić information content (AvgIpc) is 2.96. The van der Waals surface area contributed by atoms with Crippen LogP contribution in [0.2, 0.25) is 4.34 Å². The normalized spacial score (nSPS) is 17.2. The van der Waals surface area contributed by atoms with Crippen molar-refractivity contribution in [3.8, 4) is 0 Å². The van der Waals surface area contributed by atoms with Gasteiger partial charge in [-0.2, -0.15) is 0 Å². The number of hydrogen-bond acceptors (Lipinski definition) is 3. The first kappa shape index (κ1) is 12.5. The van der Waals surface area contributed by atoms with E-state index in [1.165, 1.54) is 22.5 Å². The van der Waals surface area contributed by atoms with E-state index in [2.05, 4.69) is 5.32 Å². The number of nitrogens with two attached hydrogens (primary N) is 1. The monoisotopic (exact) mass is 292 g/mol. The molecule has 0 fully saturated rings. The van der Waals surface area contributed by atoms with Crippen molar-refractivity contribution in [1.29, 1.82) is 0 Å². The molecule has 1 amide bonds. The van der Waals surface area contributed by atoms with Gasteiger partial charge in [-0.05, 0) is 48.2 Å². The van der Waals surface area contributed by atoms with E-state index in [9.17, 15) is 4.79 Å². The molecule has 0 bridgehead atoms. The fourth-order valence-corrected chi connectivity index (χ4v) is 3.40. The lowest BCUT2D eigenvalue weighted by Crippen LogP contribution is -2.26. The maximum absolute atomic E-state index is 12.1. The number of hydrogen-bond donors (Lipinski definition) is 2. The number of anilines is 1. The number of benzene rings is 1. The molecule has 1 aliphatic rings. The van der Waals surface area contributed by atoms with Crippen molar-refractivity contribution in [3.63, 3.8) is 0 Å². The molecular weight excluding hydrogens is 280 g/mol. The number of carbonyl (C=O) groups excluding carboxylic acids is 1. The first-order valence-corrected chi connectivity index (χ1v) is 7.27.